The van der Waals surface area contributed by atoms with Crippen LogP contribution >= 0.6 is 0 Å². The second-order valence-corrected chi connectivity index (χ2v) is 8.04. The Bertz CT molecular complexity index is 1460. The molecule has 0 aliphatic carbocycles. The van der Waals surface area contributed by atoms with Crippen molar-refractivity contribution in [3.63, 3.8) is 0 Å². The zero-order valence-corrected chi connectivity index (χ0v) is 18.9. The summed E-state index contributed by atoms with van der Waals surface area (Å²) >= 11 is 0. The molecule has 0 saturated carbocycles. The van der Waals surface area contributed by atoms with Crippen LogP contribution in [-0.4, -0.2) is 36.5 Å². The van der Waals surface area contributed by atoms with E-state index in [0.717, 1.165) is 11.5 Å². The van der Waals surface area contributed by atoms with Gasteiger partial charge >= 0.3 is 5.97 Å². The summed E-state index contributed by atoms with van der Waals surface area (Å²) in [6.45, 7) is 3.96. The van der Waals surface area contributed by atoms with Crippen molar-refractivity contribution in [1.29, 1.82) is 0 Å². The third-order valence-electron chi connectivity index (χ3n) is 5.81. The van der Waals surface area contributed by atoms with Crippen LogP contribution in [0, 0.1) is 0 Å². The fraction of sp³-hybridized carbons (Fsp3) is 0.280. The number of aliphatic hydroxyl groups excluding tert-OH is 1. The molecule has 0 radical (unpaired) electrons. The van der Waals surface area contributed by atoms with Crippen LogP contribution in [0.25, 0.3) is 32.5 Å². The first-order valence-corrected chi connectivity index (χ1v) is 10.3. The summed E-state index contributed by atoms with van der Waals surface area (Å²) in [4.78, 5) is 25.0. The molecule has 8 nitrogen and oxygen atoms in total. The van der Waals surface area contributed by atoms with Gasteiger partial charge in [0.1, 0.15) is 34.0 Å². The maximum absolute atomic E-state index is 13.2. The van der Waals surface area contributed by atoms with E-state index in [9.17, 15) is 19.8 Å². The molecule has 0 fully saturated rings. The Morgan fingerprint density at radius 3 is 2.36 bits per heavy atom. The van der Waals surface area contributed by atoms with Gasteiger partial charge in [-0.05, 0) is 42.8 Å². The summed E-state index contributed by atoms with van der Waals surface area (Å²) < 4.78 is 22.7. The van der Waals surface area contributed by atoms with E-state index in [0.29, 0.717) is 27.7 Å². The Morgan fingerprint density at radius 2 is 1.76 bits per heavy atom. The van der Waals surface area contributed by atoms with Gasteiger partial charge in [0.2, 0.25) is 0 Å². The van der Waals surface area contributed by atoms with E-state index < -0.39 is 23.1 Å². The van der Waals surface area contributed by atoms with E-state index in [2.05, 4.69) is 0 Å². The highest BCUT2D eigenvalue weighted by Crippen LogP contribution is 2.45. The molecule has 33 heavy (non-hydrogen) atoms. The van der Waals surface area contributed by atoms with Gasteiger partial charge < -0.3 is 28.8 Å². The van der Waals surface area contributed by atoms with Crippen LogP contribution in [0.2, 0.25) is 0 Å². The highest BCUT2D eigenvalue weighted by molar-refractivity contribution is 6.17. The zero-order valence-electron chi connectivity index (χ0n) is 18.9. The lowest BCUT2D eigenvalue weighted by Gasteiger charge is -2.25. The van der Waals surface area contributed by atoms with E-state index in [1.165, 1.54) is 27.9 Å². The molecule has 1 heterocycles. The molecule has 0 amide bonds. The van der Waals surface area contributed by atoms with Crippen molar-refractivity contribution in [3.05, 3.63) is 52.4 Å². The quantitative estimate of drug-likeness (QED) is 0.204. The minimum atomic E-state index is -1.85. The molecule has 0 unspecified atom stereocenters. The van der Waals surface area contributed by atoms with Crippen LogP contribution in [0.15, 0.2) is 45.6 Å². The average Bonchev–Trinajstić information content (AvgIpc) is 2.76. The molecule has 0 spiro atoms. The van der Waals surface area contributed by atoms with Gasteiger partial charge in [-0.2, -0.15) is 0 Å². The predicted octanol–water partition coefficient (Wildman–Crippen LogP) is 3.63. The third-order valence-corrected chi connectivity index (χ3v) is 5.81. The largest absolute Gasteiger partial charge is 0.496 e. The summed E-state index contributed by atoms with van der Waals surface area (Å²) in [6.07, 6.45) is -1.23. The van der Waals surface area contributed by atoms with Gasteiger partial charge in [-0.15, -0.1) is 0 Å². The molecule has 2 atom stereocenters. The van der Waals surface area contributed by atoms with Crippen LogP contribution in [0.5, 0.6) is 17.2 Å². The monoisotopic (exact) mass is 452 g/mol. The molecule has 4 aromatic rings. The SMILES string of the molecule is COc1cccc2cc3cc(OC(C)=O)c4c(=O)cc([C@@](C)(O)[C@H](C)O)oc4c3c(OC)c12. The molecule has 2 N–H and O–H groups in total. The average molecular weight is 452 g/mol. The number of rotatable bonds is 5. The number of benzene rings is 3. The van der Waals surface area contributed by atoms with Gasteiger partial charge in [-0.3, -0.25) is 9.59 Å². The van der Waals surface area contributed by atoms with E-state index in [1.54, 1.807) is 19.2 Å². The summed E-state index contributed by atoms with van der Waals surface area (Å²) in [5.41, 5.74) is -2.34. The first-order chi connectivity index (χ1) is 15.6. The van der Waals surface area contributed by atoms with Crippen LogP contribution in [-0.2, 0) is 10.4 Å². The number of aliphatic hydroxyl groups is 2. The summed E-state index contributed by atoms with van der Waals surface area (Å²) in [5, 5.41) is 23.3. The molecular weight excluding hydrogens is 428 g/mol. The van der Waals surface area contributed by atoms with Gasteiger partial charge in [-0.1, -0.05) is 12.1 Å². The molecule has 4 rings (SSSR count). The lowest BCUT2D eigenvalue weighted by Crippen LogP contribution is -2.35. The fourth-order valence-electron chi connectivity index (χ4n) is 3.94. The van der Waals surface area contributed by atoms with Crippen molar-refractivity contribution in [2.45, 2.75) is 32.5 Å². The first kappa shape index (κ1) is 22.6. The van der Waals surface area contributed by atoms with Gasteiger partial charge in [0.25, 0.3) is 0 Å². The number of hydrogen-bond donors (Lipinski definition) is 2. The highest BCUT2D eigenvalue weighted by Gasteiger charge is 2.34. The number of carbonyl (C=O) groups excluding carboxylic acids is 1. The predicted molar refractivity (Wildman–Crippen MR) is 123 cm³/mol. The first-order valence-electron chi connectivity index (χ1n) is 10.3. The maximum atomic E-state index is 13.2. The molecule has 0 aliphatic rings. The number of esters is 1. The minimum absolute atomic E-state index is 0.00962. The van der Waals surface area contributed by atoms with Crippen molar-refractivity contribution in [2.24, 2.45) is 0 Å². The van der Waals surface area contributed by atoms with Gasteiger partial charge in [-0.25, -0.2) is 0 Å². The standard InChI is InChI=1S/C25H24O8/c1-12(26)25(3,29)19-11-16(28)22-18(32-13(2)27)10-15-9-14-7-6-8-17(30-4)20(14)23(31-5)21(15)24(22)33-19/h6-12,26,29H,1-5H3/t12-,25-/m0/s1. The highest BCUT2D eigenvalue weighted by atomic mass is 16.5. The Morgan fingerprint density at radius 1 is 1.03 bits per heavy atom. The number of carbonyl (C=O) groups is 1. The molecule has 1 aromatic heterocycles. The third kappa shape index (κ3) is 3.57. The lowest BCUT2D eigenvalue weighted by atomic mass is 9.95. The van der Waals surface area contributed by atoms with Crippen molar-refractivity contribution >= 4 is 38.5 Å². The van der Waals surface area contributed by atoms with Gasteiger partial charge in [0.15, 0.2) is 11.0 Å². The summed E-state index contributed by atoms with van der Waals surface area (Å²) in [5.74, 6) is 0.212. The van der Waals surface area contributed by atoms with Crippen molar-refractivity contribution in [1.82, 2.24) is 0 Å². The number of fused-ring (bicyclic) bond motifs is 4. The summed E-state index contributed by atoms with van der Waals surface area (Å²) in [6, 6.07) is 9.98. The molecule has 3 aromatic carbocycles. The normalized spacial score (nSPS) is 14.3. The van der Waals surface area contributed by atoms with Crippen LogP contribution in [0.1, 0.15) is 26.5 Å². The van der Waals surface area contributed by atoms with Crippen molar-refractivity contribution < 1.29 is 33.6 Å². The number of hydrogen-bond acceptors (Lipinski definition) is 8. The second-order valence-electron chi connectivity index (χ2n) is 8.04. The Hall–Kier alpha value is -3.62. The topological polar surface area (TPSA) is 115 Å². The van der Waals surface area contributed by atoms with Crippen LogP contribution in [0.3, 0.4) is 0 Å². The van der Waals surface area contributed by atoms with E-state index in [-0.39, 0.29) is 22.5 Å². The Kier molecular flexibility index (Phi) is 5.51. The van der Waals surface area contributed by atoms with E-state index in [4.69, 9.17) is 18.6 Å². The van der Waals surface area contributed by atoms with Gasteiger partial charge in [0, 0.05) is 13.0 Å². The van der Waals surface area contributed by atoms with Crippen LogP contribution < -0.4 is 19.6 Å². The van der Waals surface area contributed by atoms with Crippen molar-refractivity contribution in [2.75, 3.05) is 14.2 Å². The Balaban J connectivity index is 2.29. The van der Waals surface area contributed by atoms with E-state index >= 15 is 0 Å². The molecule has 0 saturated heterocycles. The minimum Gasteiger partial charge on any atom is -0.496 e. The fourth-order valence-corrected chi connectivity index (χ4v) is 3.94. The molecule has 8 heteroatoms. The molecule has 0 aliphatic heterocycles. The van der Waals surface area contributed by atoms with Crippen molar-refractivity contribution in [3.8, 4) is 17.2 Å². The molecule has 172 valence electrons. The smallest absolute Gasteiger partial charge is 0.308 e. The molecule has 0 bridgehead atoms. The maximum Gasteiger partial charge on any atom is 0.308 e. The number of ether oxygens (including phenoxy) is 3. The van der Waals surface area contributed by atoms with Gasteiger partial charge in [0.05, 0.1) is 31.1 Å². The lowest BCUT2D eigenvalue weighted by molar-refractivity contribution is -0.131. The van der Waals surface area contributed by atoms with E-state index in [1.807, 2.05) is 18.2 Å². The Labute approximate surface area is 188 Å². The molecular formula is C25H24O8. The summed E-state index contributed by atoms with van der Waals surface area (Å²) in [7, 11) is 3.03. The zero-order chi connectivity index (χ0) is 24.1. The second kappa shape index (κ2) is 8.06. The van der Waals surface area contributed by atoms with Crippen LogP contribution in [0.4, 0.5) is 0 Å². The number of methoxy groups -OCH3 is 2.